The molecule has 0 saturated carbocycles. The molecule has 4 rings (SSSR count). The average Bonchev–Trinajstić information content (AvgIpc) is 3.02. The third-order valence-electron chi connectivity index (χ3n) is 4.66. The highest BCUT2D eigenvalue weighted by molar-refractivity contribution is 9.10. The molecule has 27 heavy (non-hydrogen) atoms. The Morgan fingerprint density at radius 3 is 2.67 bits per heavy atom. The normalized spacial score (nSPS) is 18.2. The molecule has 1 fully saturated rings. The van der Waals surface area contributed by atoms with Crippen molar-refractivity contribution in [3.8, 4) is 11.3 Å². The zero-order valence-corrected chi connectivity index (χ0v) is 17.4. The molecule has 0 bridgehead atoms. The zero-order chi connectivity index (χ0) is 19.2. The van der Waals surface area contributed by atoms with E-state index >= 15 is 0 Å². The van der Waals surface area contributed by atoms with Crippen LogP contribution in [0.1, 0.15) is 6.92 Å². The van der Waals surface area contributed by atoms with E-state index in [1.54, 1.807) is 35.0 Å². The quantitative estimate of drug-likeness (QED) is 0.610. The molecule has 9 heteroatoms. The Labute approximate surface area is 166 Å². The Morgan fingerprint density at radius 2 is 2.00 bits per heavy atom. The van der Waals surface area contributed by atoms with Crippen LogP contribution in [0.3, 0.4) is 0 Å². The van der Waals surface area contributed by atoms with Crippen molar-refractivity contribution in [2.45, 2.75) is 17.9 Å². The van der Waals surface area contributed by atoms with Crippen LogP contribution in [0.4, 0.5) is 5.82 Å². The molecule has 1 aromatic carbocycles. The summed E-state index contributed by atoms with van der Waals surface area (Å²) in [5.41, 5.74) is 2.43. The number of morpholine rings is 1. The van der Waals surface area contributed by atoms with Gasteiger partial charge in [0.15, 0.2) is 15.5 Å². The minimum atomic E-state index is -3.24. The van der Waals surface area contributed by atoms with Crippen molar-refractivity contribution in [1.29, 1.82) is 0 Å². The van der Waals surface area contributed by atoms with Crippen molar-refractivity contribution in [1.82, 2.24) is 14.6 Å². The van der Waals surface area contributed by atoms with E-state index in [1.165, 1.54) is 6.26 Å². The van der Waals surface area contributed by atoms with Gasteiger partial charge in [-0.25, -0.2) is 17.9 Å². The van der Waals surface area contributed by atoms with Gasteiger partial charge in [-0.1, -0.05) is 12.1 Å². The highest BCUT2D eigenvalue weighted by Gasteiger charge is 2.23. The smallest absolute Gasteiger partial charge is 0.175 e. The SMILES string of the molecule is CC1COCCN1c1cc(-c2ccc(S(C)(=O)=O)cc2)n2ncc(Br)c2n1. The molecular formula is C18H19BrN4O3S. The van der Waals surface area contributed by atoms with Crippen molar-refractivity contribution in [2.24, 2.45) is 0 Å². The number of rotatable bonds is 3. The van der Waals surface area contributed by atoms with Crippen LogP contribution in [-0.4, -0.2) is 55.1 Å². The van der Waals surface area contributed by atoms with E-state index in [0.29, 0.717) is 23.8 Å². The van der Waals surface area contributed by atoms with Gasteiger partial charge in [-0.15, -0.1) is 0 Å². The van der Waals surface area contributed by atoms with Crippen molar-refractivity contribution in [3.05, 3.63) is 41.0 Å². The number of benzene rings is 1. The molecule has 1 aliphatic rings. The van der Waals surface area contributed by atoms with Gasteiger partial charge in [0.2, 0.25) is 0 Å². The predicted molar refractivity (Wildman–Crippen MR) is 107 cm³/mol. The molecule has 0 N–H and O–H groups in total. The highest BCUT2D eigenvalue weighted by atomic mass is 79.9. The van der Waals surface area contributed by atoms with Crippen LogP contribution in [-0.2, 0) is 14.6 Å². The van der Waals surface area contributed by atoms with Gasteiger partial charge in [-0.05, 0) is 35.0 Å². The van der Waals surface area contributed by atoms with Gasteiger partial charge < -0.3 is 9.64 Å². The summed E-state index contributed by atoms with van der Waals surface area (Å²) >= 11 is 3.52. The van der Waals surface area contributed by atoms with Gasteiger partial charge in [0, 0.05) is 24.4 Å². The molecule has 0 amide bonds. The number of halogens is 1. The van der Waals surface area contributed by atoms with Crippen molar-refractivity contribution in [2.75, 3.05) is 30.9 Å². The third-order valence-corrected chi connectivity index (χ3v) is 6.34. The minimum Gasteiger partial charge on any atom is -0.377 e. The lowest BCUT2D eigenvalue weighted by atomic mass is 10.1. The lowest BCUT2D eigenvalue weighted by molar-refractivity contribution is 0.0985. The fourth-order valence-corrected chi connectivity index (χ4v) is 4.20. The first-order chi connectivity index (χ1) is 12.8. The predicted octanol–water partition coefficient (Wildman–Crippen LogP) is 2.79. The molecule has 1 aliphatic heterocycles. The standard InChI is InChI=1S/C18H19BrN4O3S/c1-12-11-26-8-7-22(12)17-9-16(23-18(21-17)15(19)10-20-23)13-3-5-14(6-4-13)27(2,24)25/h3-6,9-10,12H,7-8,11H2,1-2H3. The van der Waals surface area contributed by atoms with E-state index in [4.69, 9.17) is 9.72 Å². The number of fused-ring (bicyclic) bond motifs is 1. The Bertz CT molecular complexity index is 1100. The maximum Gasteiger partial charge on any atom is 0.175 e. The maximum atomic E-state index is 11.7. The molecule has 0 radical (unpaired) electrons. The van der Waals surface area contributed by atoms with E-state index in [2.05, 4.69) is 32.9 Å². The topological polar surface area (TPSA) is 76.8 Å². The second-order valence-corrected chi connectivity index (χ2v) is 9.51. The van der Waals surface area contributed by atoms with E-state index in [1.807, 2.05) is 6.07 Å². The minimum absolute atomic E-state index is 0.218. The van der Waals surface area contributed by atoms with E-state index in [-0.39, 0.29) is 6.04 Å². The number of hydrogen-bond acceptors (Lipinski definition) is 6. The average molecular weight is 451 g/mol. The largest absolute Gasteiger partial charge is 0.377 e. The number of sulfone groups is 1. The van der Waals surface area contributed by atoms with Crippen molar-refractivity contribution < 1.29 is 13.2 Å². The summed E-state index contributed by atoms with van der Waals surface area (Å²) in [5.74, 6) is 0.849. The van der Waals surface area contributed by atoms with Gasteiger partial charge in [0.1, 0.15) is 5.82 Å². The summed E-state index contributed by atoms with van der Waals surface area (Å²) in [7, 11) is -3.24. The lowest BCUT2D eigenvalue weighted by Crippen LogP contribution is -2.44. The second kappa shape index (κ2) is 6.88. The lowest BCUT2D eigenvalue weighted by Gasteiger charge is -2.34. The Balaban J connectivity index is 1.86. The Kier molecular flexibility index (Phi) is 4.69. The molecule has 0 spiro atoms. The van der Waals surface area contributed by atoms with Crippen molar-refractivity contribution >= 4 is 37.2 Å². The molecule has 142 valence electrons. The van der Waals surface area contributed by atoms with Crippen LogP contribution in [0.25, 0.3) is 16.9 Å². The Morgan fingerprint density at radius 1 is 1.26 bits per heavy atom. The molecule has 3 aromatic rings. The molecule has 3 heterocycles. The fraction of sp³-hybridized carbons (Fsp3) is 0.333. The number of anilines is 1. The summed E-state index contributed by atoms with van der Waals surface area (Å²) in [6.07, 6.45) is 2.92. The number of hydrogen-bond donors (Lipinski definition) is 0. The van der Waals surface area contributed by atoms with Crippen LogP contribution in [0.5, 0.6) is 0 Å². The van der Waals surface area contributed by atoms with E-state index in [9.17, 15) is 8.42 Å². The Hall–Kier alpha value is -1.97. The van der Waals surface area contributed by atoms with E-state index in [0.717, 1.165) is 28.1 Å². The van der Waals surface area contributed by atoms with Crippen LogP contribution >= 0.6 is 15.9 Å². The maximum absolute atomic E-state index is 11.7. The number of nitrogens with zero attached hydrogens (tertiary/aromatic N) is 4. The zero-order valence-electron chi connectivity index (χ0n) is 15.0. The molecule has 0 aliphatic carbocycles. The van der Waals surface area contributed by atoms with Crippen LogP contribution < -0.4 is 4.90 Å². The van der Waals surface area contributed by atoms with Gasteiger partial charge in [0.25, 0.3) is 0 Å². The van der Waals surface area contributed by atoms with Crippen LogP contribution in [0.15, 0.2) is 45.9 Å². The molecular weight excluding hydrogens is 432 g/mol. The fourth-order valence-electron chi connectivity index (χ4n) is 3.22. The summed E-state index contributed by atoms with van der Waals surface area (Å²) in [6, 6.07) is 9.04. The first-order valence-electron chi connectivity index (χ1n) is 8.54. The first-order valence-corrected chi connectivity index (χ1v) is 11.2. The second-order valence-electron chi connectivity index (χ2n) is 6.64. The summed E-state index contributed by atoms with van der Waals surface area (Å²) in [5, 5.41) is 4.42. The van der Waals surface area contributed by atoms with Gasteiger partial charge >= 0.3 is 0 Å². The van der Waals surface area contributed by atoms with Gasteiger partial charge in [-0.3, -0.25) is 0 Å². The summed E-state index contributed by atoms with van der Waals surface area (Å²) in [6.45, 7) is 4.20. The third kappa shape index (κ3) is 3.46. The highest BCUT2D eigenvalue weighted by Crippen LogP contribution is 2.29. The molecule has 1 atom stereocenters. The van der Waals surface area contributed by atoms with Crippen molar-refractivity contribution in [3.63, 3.8) is 0 Å². The van der Waals surface area contributed by atoms with Gasteiger partial charge in [-0.2, -0.15) is 5.10 Å². The van der Waals surface area contributed by atoms with E-state index < -0.39 is 9.84 Å². The summed E-state index contributed by atoms with van der Waals surface area (Å²) in [4.78, 5) is 7.29. The number of aromatic nitrogens is 3. The van der Waals surface area contributed by atoms with Gasteiger partial charge in [0.05, 0.1) is 40.5 Å². The first kappa shape index (κ1) is 18.4. The molecule has 2 aromatic heterocycles. The van der Waals surface area contributed by atoms with Crippen LogP contribution in [0.2, 0.25) is 0 Å². The molecule has 7 nitrogen and oxygen atoms in total. The molecule has 1 saturated heterocycles. The van der Waals surface area contributed by atoms with Crippen LogP contribution in [0, 0.1) is 0 Å². The molecule has 1 unspecified atom stereocenters. The monoisotopic (exact) mass is 450 g/mol. The summed E-state index contributed by atoms with van der Waals surface area (Å²) < 4.78 is 31.6. The number of ether oxygens (including phenoxy) is 1.